The predicted octanol–water partition coefficient (Wildman–Crippen LogP) is 3.11. The molecule has 23 heavy (non-hydrogen) atoms. The average Bonchev–Trinajstić information content (AvgIpc) is 2.53. The maximum absolute atomic E-state index is 12.5. The Morgan fingerprint density at radius 3 is 2.83 bits per heavy atom. The van der Waals surface area contributed by atoms with Gasteiger partial charge >= 0.3 is 0 Å². The van der Waals surface area contributed by atoms with Crippen LogP contribution in [-0.2, 0) is 21.4 Å². The predicted molar refractivity (Wildman–Crippen MR) is 85.6 cm³/mol. The molecule has 3 atom stereocenters. The third-order valence-corrected chi connectivity index (χ3v) is 6.07. The van der Waals surface area contributed by atoms with Crippen LogP contribution < -0.4 is 4.74 Å². The molecule has 1 N–H and O–H groups in total. The van der Waals surface area contributed by atoms with Gasteiger partial charge in [-0.15, -0.1) is 0 Å². The van der Waals surface area contributed by atoms with Gasteiger partial charge in [0.2, 0.25) is 0 Å². The minimum atomic E-state index is -0.297. The Kier molecular flexibility index (Phi) is 3.19. The summed E-state index contributed by atoms with van der Waals surface area (Å²) < 4.78 is 10.6. The Morgan fingerprint density at radius 1 is 1.26 bits per heavy atom. The Bertz CT molecular complexity index is 706. The lowest BCUT2D eigenvalue weighted by Crippen LogP contribution is -2.50. The maximum atomic E-state index is 12.5. The van der Waals surface area contributed by atoms with E-state index >= 15 is 0 Å². The van der Waals surface area contributed by atoms with E-state index in [1.807, 2.05) is 12.1 Å². The molecule has 3 aliphatic rings. The zero-order valence-corrected chi connectivity index (χ0v) is 13.6. The molecule has 1 saturated carbocycles. The van der Waals surface area contributed by atoms with Gasteiger partial charge in [0.25, 0.3) is 0 Å². The number of carbonyl (C=O) groups excluding carboxylic acids is 1. The van der Waals surface area contributed by atoms with Crippen LogP contribution in [0.1, 0.15) is 36.8 Å². The molecule has 0 aromatic heterocycles. The highest BCUT2D eigenvalue weighted by atomic mass is 16.5. The molecule has 0 amide bonds. The van der Waals surface area contributed by atoms with Crippen LogP contribution in [0.2, 0.25) is 0 Å². The monoisotopic (exact) mass is 314 g/mol. The first kappa shape index (κ1) is 14.6. The van der Waals surface area contributed by atoms with E-state index in [0.29, 0.717) is 23.8 Å². The summed E-state index contributed by atoms with van der Waals surface area (Å²) in [6.07, 6.45) is 6.59. The van der Waals surface area contributed by atoms with E-state index < -0.39 is 0 Å². The smallest absolute Gasteiger partial charge is 0.197 e. The number of methoxy groups -OCH3 is 2. The number of rotatable bonds is 2. The van der Waals surface area contributed by atoms with Crippen molar-refractivity contribution in [3.63, 3.8) is 0 Å². The Hall–Kier alpha value is -1.97. The van der Waals surface area contributed by atoms with Crippen LogP contribution in [0.4, 0.5) is 0 Å². The molecule has 4 nitrogen and oxygen atoms in total. The van der Waals surface area contributed by atoms with Gasteiger partial charge in [-0.1, -0.05) is 12.5 Å². The summed E-state index contributed by atoms with van der Waals surface area (Å²) in [6, 6.07) is 3.89. The number of ketones is 1. The van der Waals surface area contributed by atoms with Crippen molar-refractivity contribution in [2.24, 2.45) is 11.8 Å². The SMILES string of the molecule is COC1=CC2[C@H]3CCC[C@]2(CC1=O)c1c(ccc(OC)c1O)C3. The lowest BCUT2D eigenvalue weighted by atomic mass is 9.50. The molecule has 0 radical (unpaired) electrons. The number of carbonyl (C=O) groups is 1. The third-order valence-electron chi connectivity index (χ3n) is 6.07. The molecule has 1 aromatic rings. The number of ether oxygens (including phenoxy) is 2. The molecule has 2 bridgehead atoms. The summed E-state index contributed by atoms with van der Waals surface area (Å²) in [5.74, 6) is 2.02. The molecule has 0 spiro atoms. The normalized spacial score (nSPS) is 31.7. The second kappa shape index (κ2) is 5.02. The van der Waals surface area contributed by atoms with Gasteiger partial charge in [-0.05, 0) is 48.8 Å². The standard InChI is InChI=1S/C19H22O4/c1-22-15-6-5-12-8-11-4-3-7-19(17(12)18(15)21)10-14(20)16(23-2)9-13(11)19/h5-6,9,11,13,21H,3-4,7-8,10H2,1-2H3/t11-,13?,19+/m0/s1. The minimum absolute atomic E-state index is 0.0412. The van der Waals surface area contributed by atoms with Crippen molar-refractivity contribution in [3.05, 3.63) is 35.1 Å². The maximum Gasteiger partial charge on any atom is 0.197 e. The molecule has 4 heteroatoms. The molecular weight excluding hydrogens is 292 g/mol. The molecule has 0 saturated heterocycles. The number of hydrogen-bond donors (Lipinski definition) is 1. The first-order valence-electron chi connectivity index (χ1n) is 8.29. The minimum Gasteiger partial charge on any atom is -0.504 e. The number of Topliss-reactive ketones (excluding diaryl/α,β-unsaturated/α-hetero) is 1. The molecule has 3 aliphatic carbocycles. The van der Waals surface area contributed by atoms with Gasteiger partial charge in [0.05, 0.1) is 14.2 Å². The van der Waals surface area contributed by atoms with E-state index in [9.17, 15) is 9.90 Å². The summed E-state index contributed by atoms with van der Waals surface area (Å²) >= 11 is 0. The van der Waals surface area contributed by atoms with Crippen molar-refractivity contribution in [1.82, 2.24) is 0 Å². The quantitative estimate of drug-likeness (QED) is 0.911. The van der Waals surface area contributed by atoms with Crippen LogP contribution in [0.25, 0.3) is 0 Å². The van der Waals surface area contributed by atoms with Crippen molar-refractivity contribution in [3.8, 4) is 11.5 Å². The number of allylic oxidation sites excluding steroid dienone is 2. The zero-order valence-electron chi connectivity index (χ0n) is 13.6. The number of phenolic OH excluding ortho intramolecular Hbond substituents is 1. The molecule has 1 aromatic carbocycles. The Morgan fingerprint density at radius 2 is 2.09 bits per heavy atom. The fourth-order valence-corrected chi connectivity index (χ4v) is 5.19. The lowest BCUT2D eigenvalue weighted by Gasteiger charge is -2.53. The largest absolute Gasteiger partial charge is 0.504 e. The highest BCUT2D eigenvalue weighted by molar-refractivity contribution is 5.96. The molecule has 122 valence electrons. The van der Waals surface area contributed by atoms with Gasteiger partial charge in [0.15, 0.2) is 23.0 Å². The van der Waals surface area contributed by atoms with Crippen molar-refractivity contribution in [2.75, 3.05) is 14.2 Å². The number of benzene rings is 1. The van der Waals surface area contributed by atoms with Crippen molar-refractivity contribution < 1.29 is 19.4 Å². The second-order valence-corrected chi connectivity index (χ2v) is 7.02. The molecule has 0 aliphatic heterocycles. The van der Waals surface area contributed by atoms with Gasteiger partial charge in [-0.2, -0.15) is 0 Å². The van der Waals surface area contributed by atoms with E-state index in [1.165, 1.54) is 12.0 Å². The first-order valence-corrected chi connectivity index (χ1v) is 8.29. The molecular formula is C19H22O4. The van der Waals surface area contributed by atoms with Crippen molar-refractivity contribution >= 4 is 5.78 Å². The first-order chi connectivity index (χ1) is 11.1. The van der Waals surface area contributed by atoms with E-state index in [2.05, 4.69) is 6.07 Å². The number of aromatic hydroxyl groups is 1. The third kappa shape index (κ3) is 1.87. The summed E-state index contributed by atoms with van der Waals surface area (Å²) in [7, 11) is 3.13. The van der Waals surface area contributed by atoms with E-state index in [4.69, 9.17) is 9.47 Å². The van der Waals surface area contributed by atoms with Crippen LogP contribution in [0, 0.1) is 11.8 Å². The molecule has 1 unspecified atom stereocenters. The van der Waals surface area contributed by atoms with E-state index in [0.717, 1.165) is 24.8 Å². The van der Waals surface area contributed by atoms with Gasteiger partial charge in [-0.25, -0.2) is 0 Å². The highest BCUT2D eigenvalue weighted by Gasteiger charge is 2.55. The van der Waals surface area contributed by atoms with E-state index in [-0.39, 0.29) is 22.9 Å². The second-order valence-electron chi connectivity index (χ2n) is 7.02. The number of hydrogen-bond acceptors (Lipinski definition) is 4. The fourth-order valence-electron chi connectivity index (χ4n) is 5.19. The van der Waals surface area contributed by atoms with Gasteiger partial charge < -0.3 is 14.6 Å². The topological polar surface area (TPSA) is 55.8 Å². The molecule has 4 rings (SSSR count). The van der Waals surface area contributed by atoms with Crippen LogP contribution >= 0.6 is 0 Å². The van der Waals surface area contributed by atoms with Gasteiger partial charge in [-0.3, -0.25) is 4.79 Å². The summed E-state index contributed by atoms with van der Waals surface area (Å²) in [5.41, 5.74) is 1.82. The van der Waals surface area contributed by atoms with Crippen LogP contribution in [0.3, 0.4) is 0 Å². The number of phenols is 1. The zero-order chi connectivity index (χ0) is 16.2. The van der Waals surface area contributed by atoms with Gasteiger partial charge in [0.1, 0.15) is 0 Å². The average molecular weight is 314 g/mol. The summed E-state index contributed by atoms with van der Waals surface area (Å²) in [4.78, 5) is 12.5. The van der Waals surface area contributed by atoms with Crippen LogP contribution in [-0.4, -0.2) is 25.1 Å². The van der Waals surface area contributed by atoms with Gasteiger partial charge in [0, 0.05) is 17.4 Å². The highest BCUT2D eigenvalue weighted by Crippen LogP contribution is 2.60. The lowest BCUT2D eigenvalue weighted by molar-refractivity contribution is -0.122. The summed E-state index contributed by atoms with van der Waals surface area (Å²) in [5, 5.41) is 10.8. The Labute approximate surface area is 136 Å². The summed E-state index contributed by atoms with van der Waals surface area (Å²) in [6.45, 7) is 0. The number of fused-ring (bicyclic) bond motifs is 1. The molecule has 1 fully saturated rings. The van der Waals surface area contributed by atoms with E-state index in [1.54, 1.807) is 14.2 Å². The molecule has 0 heterocycles. The van der Waals surface area contributed by atoms with Crippen molar-refractivity contribution in [1.29, 1.82) is 0 Å². The van der Waals surface area contributed by atoms with Crippen molar-refractivity contribution in [2.45, 2.75) is 37.5 Å². The van der Waals surface area contributed by atoms with Crippen LogP contribution in [0.15, 0.2) is 24.0 Å². The fraction of sp³-hybridized carbons (Fsp3) is 0.526. The van der Waals surface area contributed by atoms with Crippen LogP contribution in [0.5, 0.6) is 11.5 Å². The Balaban J connectivity index is 1.96.